The minimum atomic E-state index is -0.360. The first kappa shape index (κ1) is 16.5. The fraction of sp³-hybridized carbons (Fsp3) is 0.167. The quantitative estimate of drug-likeness (QED) is 0.532. The molecule has 0 atom stereocenters. The molecule has 0 radical (unpaired) electrons. The normalized spacial score (nSPS) is 11.2. The summed E-state index contributed by atoms with van der Waals surface area (Å²) in [7, 11) is 0. The van der Waals surface area contributed by atoms with Crippen molar-refractivity contribution in [3.05, 3.63) is 48.3 Å². The molecule has 132 valence electrons. The largest absolute Gasteiger partial charge is 0.491 e. The van der Waals surface area contributed by atoms with E-state index in [1.807, 2.05) is 38.1 Å². The summed E-state index contributed by atoms with van der Waals surface area (Å²) in [5.41, 5.74) is 1.09. The van der Waals surface area contributed by atoms with E-state index in [1.54, 1.807) is 12.1 Å². The van der Waals surface area contributed by atoms with E-state index in [0.29, 0.717) is 16.5 Å². The van der Waals surface area contributed by atoms with Gasteiger partial charge in [0.1, 0.15) is 17.1 Å². The Labute approximate surface area is 152 Å². The average molecular weight is 370 g/mol. The molecule has 4 aromatic rings. The van der Waals surface area contributed by atoms with Gasteiger partial charge in [0.25, 0.3) is 0 Å². The van der Waals surface area contributed by atoms with Gasteiger partial charge < -0.3 is 9.15 Å². The van der Waals surface area contributed by atoms with E-state index in [9.17, 15) is 4.39 Å². The fourth-order valence-electron chi connectivity index (χ4n) is 2.40. The first-order valence-corrected chi connectivity index (χ1v) is 8.83. The van der Waals surface area contributed by atoms with Crippen LogP contribution in [0.3, 0.4) is 0 Å². The van der Waals surface area contributed by atoms with Crippen molar-refractivity contribution in [3.8, 4) is 17.2 Å². The summed E-state index contributed by atoms with van der Waals surface area (Å²) in [4.78, 5) is 4.22. The van der Waals surface area contributed by atoms with Crippen LogP contribution in [0, 0.1) is 5.82 Å². The van der Waals surface area contributed by atoms with Gasteiger partial charge in [-0.2, -0.15) is 0 Å². The van der Waals surface area contributed by atoms with Gasteiger partial charge in [0.2, 0.25) is 5.89 Å². The predicted octanol–water partition coefficient (Wildman–Crippen LogP) is 5.02. The van der Waals surface area contributed by atoms with E-state index in [0.717, 1.165) is 16.0 Å². The lowest BCUT2D eigenvalue weighted by Crippen LogP contribution is -2.05. The Hall–Kier alpha value is -3.00. The summed E-state index contributed by atoms with van der Waals surface area (Å²) in [5, 5.41) is 11.4. The first-order valence-electron chi connectivity index (χ1n) is 8.01. The van der Waals surface area contributed by atoms with Gasteiger partial charge in [-0.15, -0.1) is 5.10 Å². The molecule has 0 amide bonds. The van der Waals surface area contributed by atoms with Gasteiger partial charge in [0, 0.05) is 5.56 Å². The van der Waals surface area contributed by atoms with Crippen LogP contribution in [0.5, 0.6) is 5.75 Å². The second-order valence-corrected chi connectivity index (χ2v) is 6.86. The summed E-state index contributed by atoms with van der Waals surface area (Å²) in [6.07, 6.45) is 0.110. The number of nitrogens with one attached hydrogen (secondary N) is 1. The molecule has 0 unspecified atom stereocenters. The molecule has 0 aliphatic heterocycles. The van der Waals surface area contributed by atoms with E-state index in [1.165, 1.54) is 17.4 Å². The zero-order valence-corrected chi connectivity index (χ0v) is 14.9. The third-order valence-electron chi connectivity index (χ3n) is 3.48. The van der Waals surface area contributed by atoms with Crippen molar-refractivity contribution >= 4 is 32.7 Å². The van der Waals surface area contributed by atoms with Gasteiger partial charge in [-0.25, -0.2) is 9.37 Å². The number of fused-ring (bicyclic) bond motifs is 1. The minimum Gasteiger partial charge on any atom is -0.491 e. The van der Waals surface area contributed by atoms with Crippen LogP contribution in [0.2, 0.25) is 0 Å². The van der Waals surface area contributed by atoms with Crippen molar-refractivity contribution in [3.63, 3.8) is 0 Å². The number of benzene rings is 2. The molecule has 8 heteroatoms. The number of halogens is 1. The Bertz CT molecular complexity index is 1040. The van der Waals surface area contributed by atoms with Crippen molar-refractivity contribution < 1.29 is 13.5 Å². The van der Waals surface area contributed by atoms with E-state index in [4.69, 9.17) is 9.15 Å². The van der Waals surface area contributed by atoms with E-state index in [2.05, 4.69) is 20.5 Å². The molecular formula is C18H15FN4O2S. The van der Waals surface area contributed by atoms with Crippen LogP contribution in [-0.2, 0) is 0 Å². The Morgan fingerprint density at radius 3 is 2.65 bits per heavy atom. The van der Waals surface area contributed by atoms with Gasteiger partial charge in [0.15, 0.2) is 5.13 Å². The standard InChI is InChI=1S/C18H15FN4O2S/c1-10(2)24-12-8-6-11(7-9-12)16-22-23-17(25-16)21-18-20-15-13(19)4-3-5-14(15)26-18/h3-10H,1-2H3,(H,20,21,23). The van der Waals surface area contributed by atoms with Gasteiger partial charge in [-0.3, -0.25) is 5.32 Å². The van der Waals surface area contributed by atoms with Crippen molar-refractivity contribution in [1.82, 2.24) is 15.2 Å². The number of ether oxygens (including phenoxy) is 1. The topological polar surface area (TPSA) is 73.1 Å². The molecule has 0 fully saturated rings. The molecule has 1 N–H and O–H groups in total. The third kappa shape index (κ3) is 3.36. The number of hydrogen-bond donors (Lipinski definition) is 1. The van der Waals surface area contributed by atoms with Crippen molar-refractivity contribution in [2.24, 2.45) is 0 Å². The molecule has 4 rings (SSSR count). The Morgan fingerprint density at radius 1 is 1.12 bits per heavy atom. The highest BCUT2D eigenvalue weighted by molar-refractivity contribution is 7.22. The maximum Gasteiger partial charge on any atom is 0.322 e. The Kier molecular flexibility index (Phi) is 4.26. The second kappa shape index (κ2) is 6.72. The minimum absolute atomic E-state index is 0.110. The van der Waals surface area contributed by atoms with E-state index in [-0.39, 0.29) is 17.9 Å². The van der Waals surface area contributed by atoms with Gasteiger partial charge >= 0.3 is 6.01 Å². The monoisotopic (exact) mass is 370 g/mol. The maximum absolute atomic E-state index is 13.7. The first-order chi connectivity index (χ1) is 12.6. The number of anilines is 2. The summed E-state index contributed by atoms with van der Waals surface area (Å²) < 4.78 is 25.7. The molecule has 2 heterocycles. The predicted molar refractivity (Wildman–Crippen MR) is 98.4 cm³/mol. The van der Waals surface area contributed by atoms with Crippen molar-refractivity contribution in [2.45, 2.75) is 20.0 Å². The van der Waals surface area contributed by atoms with E-state index >= 15 is 0 Å². The van der Waals surface area contributed by atoms with Gasteiger partial charge in [-0.05, 0) is 50.2 Å². The molecule has 2 aromatic carbocycles. The lowest BCUT2D eigenvalue weighted by molar-refractivity contribution is 0.242. The summed E-state index contributed by atoms with van der Waals surface area (Å²) in [5.74, 6) is 0.788. The third-order valence-corrected chi connectivity index (χ3v) is 4.42. The van der Waals surface area contributed by atoms with E-state index < -0.39 is 0 Å². The maximum atomic E-state index is 13.7. The Balaban J connectivity index is 1.53. The van der Waals surface area contributed by atoms with Crippen molar-refractivity contribution in [2.75, 3.05) is 5.32 Å². The zero-order chi connectivity index (χ0) is 18.1. The summed E-state index contributed by atoms with van der Waals surface area (Å²) >= 11 is 1.31. The molecule has 26 heavy (non-hydrogen) atoms. The number of rotatable bonds is 5. The number of thiazole rings is 1. The highest BCUT2D eigenvalue weighted by atomic mass is 32.1. The molecule has 0 saturated carbocycles. The number of aromatic nitrogens is 3. The molecule has 0 bridgehead atoms. The van der Waals surface area contributed by atoms with Crippen LogP contribution >= 0.6 is 11.3 Å². The van der Waals surface area contributed by atoms with Crippen LogP contribution in [0.15, 0.2) is 46.9 Å². The molecule has 6 nitrogen and oxygen atoms in total. The van der Waals surface area contributed by atoms with Crippen LogP contribution in [0.1, 0.15) is 13.8 Å². The zero-order valence-electron chi connectivity index (χ0n) is 14.1. The van der Waals surface area contributed by atoms with Crippen LogP contribution in [0.4, 0.5) is 15.5 Å². The number of nitrogens with zero attached hydrogens (tertiary/aromatic N) is 3. The average Bonchev–Trinajstić information content (AvgIpc) is 3.23. The highest BCUT2D eigenvalue weighted by Gasteiger charge is 2.13. The molecule has 0 aliphatic carbocycles. The van der Waals surface area contributed by atoms with Crippen LogP contribution < -0.4 is 10.1 Å². The molecule has 0 spiro atoms. The van der Waals surface area contributed by atoms with Gasteiger partial charge in [-0.1, -0.05) is 22.5 Å². The second-order valence-electron chi connectivity index (χ2n) is 5.83. The highest BCUT2D eigenvalue weighted by Crippen LogP contribution is 2.30. The number of para-hydroxylation sites is 1. The fourth-order valence-corrected chi connectivity index (χ4v) is 3.27. The van der Waals surface area contributed by atoms with Crippen LogP contribution in [0.25, 0.3) is 21.7 Å². The molecule has 0 aliphatic rings. The van der Waals surface area contributed by atoms with Gasteiger partial charge in [0.05, 0.1) is 10.8 Å². The number of hydrogen-bond acceptors (Lipinski definition) is 7. The summed E-state index contributed by atoms with van der Waals surface area (Å²) in [6.45, 7) is 3.94. The smallest absolute Gasteiger partial charge is 0.322 e. The molecule has 0 saturated heterocycles. The molecular weight excluding hydrogens is 355 g/mol. The van der Waals surface area contributed by atoms with Crippen molar-refractivity contribution in [1.29, 1.82) is 0 Å². The Morgan fingerprint density at radius 2 is 1.92 bits per heavy atom. The lowest BCUT2D eigenvalue weighted by atomic mass is 10.2. The summed E-state index contributed by atoms with van der Waals surface area (Å²) in [6, 6.07) is 12.4. The van der Waals surface area contributed by atoms with Crippen LogP contribution in [-0.4, -0.2) is 21.3 Å². The lowest BCUT2D eigenvalue weighted by Gasteiger charge is -2.09. The SMILES string of the molecule is CC(C)Oc1ccc(-c2nnc(Nc3nc4c(F)cccc4s3)o2)cc1. The molecule has 2 aromatic heterocycles.